The van der Waals surface area contributed by atoms with Gasteiger partial charge in [-0.25, -0.2) is 9.13 Å². The Balaban J connectivity index is 4.57. The van der Waals surface area contributed by atoms with Crippen LogP contribution in [0.2, 0.25) is 0 Å². The fraction of sp³-hybridized carbons (Fsp3) is 0.697. The molecule has 0 saturated heterocycles. The molecule has 0 aliphatic carbocycles. The van der Waals surface area contributed by atoms with Crippen molar-refractivity contribution in [2.24, 2.45) is 0 Å². The summed E-state index contributed by atoms with van der Waals surface area (Å²) >= 11 is 0. The van der Waals surface area contributed by atoms with E-state index in [0.29, 0.717) is 19.3 Å². The van der Waals surface area contributed by atoms with E-state index in [2.05, 4.69) is 167 Å². The number of hydrogen-bond acceptors (Lipinski definition) is 14. The standard InChI is InChI=1S/C89H152O16P2/c1-4-7-10-13-16-19-22-25-28-31-34-36-37-38-39-40-41-42-43-44-45-47-50-51-54-57-60-63-66-69-72-75-87(92)99-78-84(90)79-101-106(95,96)102-80-85(91)81-103-107(97,98)104-83-86(105-89(94)77-74-71-68-65-62-59-56-53-48-33-30-27-24-21-18-15-12-9-6-3)82-100-88(93)76-73-70-67-64-61-58-55-52-49-46-35-32-29-26-23-20-17-14-11-8-5-2/h8,11,16-21,25-30,34-36,38-39,46,48,52-53,55,84-86,90-91H,4-7,9-10,12-15,22-24,31-33,37,40-45,47,49-51,54,56-83H2,1-3H3,(H,95,96)(H,97,98)/b11-8-,19-16-,20-17-,21-18-,28-25-,29-26-,30-27-,36-34-,39-38-,46-35-,53-48-,55-52-. The zero-order valence-electron chi connectivity index (χ0n) is 67.3. The summed E-state index contributed by atoms with van der Waals surface area (Å²) in [5, 5.41) is 20.7. The zero-order valence-corrected chi connectivity index (χ0v) is 69.1. The Hall–Kier alpha value is -4.57. The van der Waals surface area contributed by atoms with E-state index in [1.807, 2.05) is 0 Å². The molecular formula is C89H152O16P2. The van der Waals surface area contributed by atoms with E-state index in [-0.39, 0.29) is 19.3 Å². The Morgan fingerprint density at radius 2 is 0.495 bits per heavy atom. The summed E-state index contributed by atoms with van der Waals surface area (Å²) in [7, 11) is -9.81. The maximum absolute atomic E-state index is 13.0. The van der Waals surface area contributed by atoms with Crippen molar-refractivity contribution >= 4 is 33.6 Å². The van der Waals surface area contributed by atoms with Crippen LogP contribution in [-0.4, -0.2) is 95.9 Å². The predicted octanol–water partition coefficient (Wildman–Crippen LogP) is 25.2. The molecule has 5 unspecified atom stereocenters. The first-order valence-corrected chi connectivity index (χ1v) is 45.1. The van der Waals surface area contributed by atoms with Crippen molar-refractivity contribution in [3.8, 4) is 0 Å². The van der Waals surface area contributed by atoms with E-state index in [1.54, 1.807) is 0 Å². The second-order valence-corrected chi connectivity index (χ2v) is 30.8. The van der Waals surface area contributed by atoms with Gasteiger partial charge in [0.1, 0.15) is 25.4 Å². The van der Waals surface area contributed by atoms with Crippen LogP contribution in [0.25, 0.3) is 0 Å². The first-order chi connectivity index (χ1) is 52.2. The number of unbranched alkanes of at least 4 members (excludes halogenated alkanes) is 32. The number of esters is 3. The molecule has 16 nitrogen and oxygen atoms in total. The minimum absolute atomic E-state index is 0.0816. The van der Waals surface area contributed by atoms with E-state index in [0.717, 1.165) is 161 Å². The number of hydrogen-bond donors (Lipinski definition) is 4. The van der Waals surface area contributed by atoms with Gasteiger partial charge in [-0.2, -0.15) is 0 Å². The monoisotopic (exact) mass is 1540 g/mol. The predicted molar refractivity (Wildman–Crippen MR) is 445 cm³/mol. The van der Waals surface area contributed by atoms with Crippen molar-refractivity contribution in [2.75, 3.05) is 39.6 Å². The second-order valence-electron chi connectivity index (χ2n) is 27.9. The van der Waals surface area contributed by atoms with E-state index >= 15 is 0 Å². The summed E-state index contributed by atoms with van der Waals surface area (Å²) in [6.07, 6.45) is 100. The summed E-state index contributed by atoms with van der Waals surface area (Å²) in [5.41, 5.74) is 0. The lowest BCUT2D eigenvalue weighted by molar-refractivity contribution is -0.161. The Morgan fingerprint density at radius 1 is 0.271 bits per heavy atom. The summed E-state index contributed by atoms with van der Waals surface area (Å²) in [6.45, 7) is 2.50. The van der Waals surface area contributed by atoms with Gasteiger partial charge in [0, 0.05) is 19.3 Å². The fourth-order valence-corrected chi connectivity index (χ4v) is 12.7. The number of rotatable bonds is 79. The second kappa shape index (κ2) is 80.9. The molecule has 18 heteroatoms. The van der Waals surface area contributed by atoms with Gasteiger partial charge in [0.15, 0.2) is 6.10 Å². The molecule has 4 N–H and O–H groups in total. The number of allylic oxidation sites excluding steroid dienone is 24. The maximum Gasteiger partial charge on any atom is 0.472 e. The molecule has 0 saturated carbocycles. The number of aliphatic hydroxyl groups is 2. The highest BCUT2D eigenvalue weighted by Gasteiger charge is 2.29. The third-order valence-electron chi connectivity index (χ3n) is 17.5. The summed E-state index contributed by atoms with van der Waals surface area (Å²) in [6, 6.07) is 0. The lowest BCUT2D eigenvalue weighted by atomic mass is 10.0. The molecule has 0 radical (unpaired) electrons. The van der Waals surface area contributed by atoms with E-state index in [1.165, 1.54) is 122 Å². The molecular weight excluding hydrogens is 1390 g/mol. The average Bonchev–Trinajstić information content (AvgIpc) is 0.928. The molecule has 0 aliphatic rings. The lowest BCUT2D eigenvalue weighted by Gasteiger charge is -2.21. The van der Waals surface area contributed by atoms with Crippen LogP contribution in [0.15, 0.2) is 146 Å². The van der Waals surface area contributed by atoms with Crippen LogP contribution >= 0.6 is 15.6 Å². The molecule has 0 spiro atoms. The molecule has 0 amide bonds. The highest BCUT2D eigenvalue weighted by Crippen LogP contribution is 2.45. The van der Waals surface area contributed by atoms with Gasteiger partial charge in [0.05, 0.1) is 26.4 Å². The number of ether oxygens (including phenoxy) is 3. The molecule has 0 aliphatic heterocycles. The quantitative estimate of drug-likeness (QED) is 0.0146. The van der Waals surface area contributed by atoms with Gasteiger partial charge in [-0.3, -0.25) is 32.5 Å². The van der Waals surface area contributed by atoms with E-state index in [4.69, 9.17) is 32.3 Å². The van der Waals surface area contributed by atoms with Crippen molar-refractivity contribution in [3.63, 3.8) is 0 Å². The fourth-order valence-electron chi connectivity index (χ4n) is 11.1. The topological polar surface area (TPSA) is 231 Å². The SMILES string of the molecule is CC/C=C\C/C=C\C/C=C\C/C=C\C/C=C\CCCCCCCC(=O)OCC(COP(=O)(O)OCC(O)COP(=O)(O)OCC(O)COC(=O)CCCCCCCCCCCCCCCCC/C=C\C/C=C\C/C=C\C/C=C\CCCCC)OC(=O)CCCCCCCC/C=C\C/C=C\C/C=C\CCCCC. The van der Waals surface area contributed by atoms with E-state index in [9.17, 15) is 43.5 Å². The molecule has 0 bridgehead atoms. The van der Waals surface area contributed by atoms with Crippen LogP contribution < -0.4 is 0 Å². The van der Waals surface area contributed by atoms with E-state index < -0.39 is 91.5 Å². The van der Waals surface area contributed by atoms with Gasteiger partial charge in [-0.15, -0.1) is 0 Å². The Kier molecular flexibility index (Phi) is 77.5. The van der Waals surface area contributed by atoms with Crippen molar-refractivity contribution in [1.29, 1.82) is 0 Å². The van der Waals surface area contributed by atoms with Crippen molar-refractivity contribution in [2.45, 2.75) is 360 Å². The summed E-state index contributed by atoms with van der Waals surface area (Å²) in [4.78, 5) is 58.8. The van der Waals surface area contributed by atoms with Crippen LogP contribution in [0.3, 0.4) is 0 Å². The normalized spacial score (nSPS) is 14.6. The number of phosphoric acid groups is 2. The molecule has 0 rings (SSSR count). The molecule has 0 aromatic rings. The smallest absolute Gasteiger partial charge is 0.463 e. The van der Waals surface area contributed by atoms with Gasteiger partial charge in [-0.1, -0.05) is 321 Å². The lowest BCUT2D eigenvalue weighted by Crippen LogP contribution is -2.30. The maximum atomic E-state index is 13.0. The summed E-state index contributed by atoms with van der Waals surface area (Å²) in [5.74, 6) is -1.61. The van der Waals surface area contributed by atoms with Crippen LogP contribution in [0.5, 0.6) is 0 Å². The molecule has 0 fully saturated rings. The molecule has 107 heavy (non-hydrogen) atoms. The van der Waals surface area contributed by atoms with Crippen LogP contribution in [-0.2, 0) is 55.8 Å². The van der Waals surface area contributed by atoms with Gasteiger partial charge >= 0.3 is 33.6 Å². The number of carbonyl (C=O) groups is 3. The minimum atomic E-state index is -4.95. The van der Waals surface area contributed by atoms with Gasteiger partial charge in [-0.05, 0) is 148 Å². The van der Waals surface area contributed by atoms with Crippen molar-refractivity contribution in [3.05, 3.63) is 146 Å². The van der Waals surface area contributed by atoms with Gasteiger partial charge in [0.25, 0.3) is 0 Å². The molecule has 614 valence electrons. The Morgan fingerprint density at radius 3 is 0.785 bits per heavy atom. The first kappa shape index (κ1) is 102. The Bertz CT molecular complexity index is 2530. The molecule has 0 aromatic heterocycles. The first-order valence-electron chi connectivity index (χ1n) is 42.1. The highest BCUT2D eigenvalue weighted by atomic mass is 31.2. The van der Waals surface area contributed by atoms with Crippen molar-refractivity contribution in [1.82, 2.24) is 0 Å². The van der Waals surface area contributed by atoms with Crippen LogP contribution in [0.4, 0.5) is 0 Å². The van der Waals surface area contributed by atoms with Gasteiger partial charge < -0.3 is 34.2 Å². The minimum Gasteiger partial charge on any atom is -0.463 e. The molecule has 0 aromatic carbocycles. The number of aliphatic hydroxyl groups excluding tert-OH is 2. The van der Waals surface area contributed by atoms with Gasteiger partial charge in [0.2, 0.25) is 0 Å². The number of phosphoric ester groups is 2. The molecule has 0 heterocycles. The largest absolute Gasteiger partial charge is 0.472 e. The van der Waals surface area contributed by atoms with Crippen LogP contribution in [0.1, 0.15) is 342 Å². The van der Waals surface area contributed by atoms with Crippen LogP contribution in [0, 0.1) is 0 Å². The summed E-state index contributed by atoms with van der Waals surface area (Å²) < 4.78 is 61.3. The number of carbonyl (C=O) groups excluding carboxylic acids is 3. The Labute approximate surface area is 651 Å². The molecule has 5 atom stereocenters. The highest BCUT2D eigenvalue weighted by molar-refractivity contribution is 7.47. The average molecular weight is 1540 g/mol. The third-order valence-corrected chi connectivity index (χ3v) is 19.4. The van der Waals surface area contributed by atoms with Crippen molar-refractivity contribution < 1.29 is 75.8 Å². The third kappa shape index (κ3) is 82.2. The zero-order chi connectivity index (χ0) is 78.0.